The van der Waals surface area contributed by atoms with Crippen LogP contribution in [-0.4, -0.2) is 14.2 Å². The first-order chi connectivity index (χ1) is 6.35. The third kappa shape index (κ3) is 1.20. The Balaban J connectivity index is 2.72. The fourth-order valence-electron chi connectivity index (χ4n) is 1.23. The second-order valence-corrected chi connectivity index (χ2v) is 2.61. The standard InChI is InChI=1S/C9H9N2O2/c1-12-7-3-6-5-10-11-9(6)8(4-7)13-2/h3-5H,1-2H3. The molecule has 0 spiro atoms. The summed E-state index contributed by atoms with van der Waals surface area (Å²) in [5.74, 6) is 1.44. The summed E-state index contributed by atoms with van der Waals surface area (Å²) in [6.45, 7) is 0. The van der Waals surface area contributed by atoms with Crippen LogP contribution in [0.3, 0.4) is 0 Å². The van der Waals surface area contributed by atoms with Crippen LogP contribution in [-0.2, 0) is 0 Å². The van der Waals surface area contributed by atoms with Crippen LogP contribution in [0.5, 0.6) is 11.5 Å². The molecule has 0 atom stereocenters. The topological polar surface area (TPSA) is 44.9 Å². The monoisotopic (exact) mass is 177 g/mol. The Bertz CT molecular complexity index is 440. The van der Waals surface area contributed by atoms with Gasteiger partial charge in [-0.2, -0.15) is 5.43 Å². The number of nitrogens with zero attached hydrogens (tertiary/aromatic N) is 2. The molecule has 1 aliphatic rings. The molecule has 1 radical (unpaired) electrons. The van der Waals surface area contributed by atoms with E-state index in [1.807, 2.05) is 6.07 Å². The zero-order chi connectivity index (χ0) is 9.26. The van der Waals surface area contributed by atoms with Crippen LogP contribution < -0.4 is 25.5 Å². The molecular formula is C9H9N2O2. The first-order valence-electron chi connectivity index (χ1n) is 3.85. The summed E-state index contributed by atoms with van der Waals surface area (Å²) in [6, 6.07) is 3.66. The highest BCUT2D eigenvalue weighted by Gasteiger charge is 2.06. The average molecular weight is 177 g/mol. The number of ether oxygens (including phenoxy) is 2. The van der Waals surface area contributed by atoms with E-state index in [0.717, 1.165) is 16.3 Å². The van der Waals surface area contributed by atoms with Gasteiger partial charge in [0, 0.05) is 11.3 Å². The molecular weight excluding hydrogens is 168 g/mol. The van der Waals surface area contributed by atoms with Gasteiger partial charge in [0.25, 0.3) is 0 Å². The van der Waals surface area contributed by atoms with Gasteiger partial charge in [-0.05, 0) is 6.07 Å². The Morgan fingerprint density at radius 3 is 2.69 bits per heavy atom. The minimum atomic E-state index is 0.687. The van der Waals surface area contributed by atoms with Crippen LogP contribution in [0.2, 0.25) is 0 Å². The van der Waals surface area contributed by atoms with Crippen molar-refractivity contribution in [2.24, 2.45) is 5.10 Å². The lowest BCUT2D eigenvalue weighted by Crippen LogP contribution is -2.23. The highest BCUT2D eigenvalue weighted by atomic mass is 16.5. The molecule has 0 aromatic heterocycles. The normalized spacial score (nSPS) is 12.2. The quantitative estimate of drug-likeness (QED) is 0.616. The van der Waals surface area contributed by atoms with E-state index in [1.165, 1.54) is 0 Å². The fourth-order valence-corrected chi connectivity index (χ4v) is 1.23. The molecule has 0 bridgehead atoms. The number of hydrogen-bond donors (Lipinski definition) is 0. The predicted octanol–water partition coefficient (Wildman–Crippen LogP) is -0.406. The third-order valence-corrected chi connectivity index (χ3v) is 1.89. The molecule has 2 rings (SSSR count). The van der Waals surface area contributed by atoms with Gasteiger partial charge in [-0.15, -0.1) is 5.10 Å². The third-order valence-electron chi connectivity index (χ3n) is 1.89. The lowest BCUT2D eigenvalue weighted by atomic mass is 10.2. The molecule has 1 heterocycles. The second-order valence-electron chi connectivity index (χ2n) is 2.61. The number of methoxy groups -OCH3 is 2. The summed E-state index contributed by atoms with van der Waals surface area (Å²) >= 11 is 0. The summed E-state index contributed by atoms with van der Waals surface area (Å²) in [5.41, 5.74) is 3.80. The van der Waals surface area contributed by atoms with Crippen LogP contribution in [0, 0.1) is 0 Å². The summed E-state index contributed by atoms with van der Waals surface area (Å²) < 4.78 is 10.2. The Kier molecular flexibility index (Phi) is 1.81. The summed E-state index contributed by atoms with van der Waals surface area (Å²) in [7, 11) is 3.22. The van der Waals surface area contributed by atoms with Gasteiger partial charge in [0.15, 0.2) is 5.75 Å². The number of rotatable bonds is 2. The maximum atomic E-state index is 5.15. The molecule has 0 amide bonds. The van der Waals surface area contributed by atoms with E-state index >= 15 is 0 Å². The maximum absolute atomic E-state index is 5.15. The molecule has 0 unspecified atom stereocenters. The summed E-state index contributed by atoms with van der Waals surface area (Å²) in [5, 5.41) is 5.63. The number of fused-ring (bicyclic) bond motifs is 1. The molecule has 0 saturated carbocycles. The zero-order valence-electron chi connectivity index (χ0n) is 7.44. The van der Waals surface area contributed by atoms with Gasteiger partial charge in [0.05, 0.1) is 20.4 Å². The lowest BCUT2D eigenvalue weighted by Gasteiger charge is -2.02. The van der Waals surface area contributed by atoms with Crippen molar-refractivity contribution in [3.8, 4) is 11.5 Å². The molecule has 13 heavy (non-hydrogen) atoms. The van der Waals surface area contributed by atoms with Crippen molar-refractivity contribution >= 4 is 6.20 Å². The molecule has 0 N–H and O–H groups in total. The predicted molar refractivity (Wildman–Crippen MR) is 46.9 cm³/mol. The Hall–Kier alpha value is -1.71. The van der Waals surface area contributed by atoms with Gasteiger partial charge >= 0.3 is 0 Å². The lowest BCUT2D eigenvalue weighted by molar-refractivity contribution is 0.390. The van der Waals surface area contributed by atoms with Crippen LogP contribution in [0.25, 0.3) is 6.20 Å². The molecule has 4 nitrogen and oxygen atoms in total. The first-order valence-corrected chi connectivity index (χ1v) is 3.85. The minimum Gasteiger partial charge on any atom is -0.497 e. The van der Waals surface area contributed by atoms with E-state index in [4.69, 9.17) is 9.47 Å². The van der Waals surface area contributed by atoms with Gasteiger partial charge < -0.3 is 9.47 Å². The van der Waals surface area contributed by atoms with Crippen molar-refractivity contribution < 1.29 is 9.47 Å². The molecule has 1 aromatic rings. The molecule has 1 aliphatic heterocycles. The zero-order valence-corrected chi connectivity index (χ0v) is 7.44. The van der Waals surface area contributed by atoms with Crippen molar-refractivity contribution in [1.82, 2.24) is 5.43 Å². The van der Waals surface area contributed by atoms with E-state index in [-0.39, 0.29) is 0 Å². The fraction of sp³-hybridized carbons (Fsp3) is 0.222. The molecule has 1 aromatic carbocycles. The average Bonchev–Trinajstić information content (AvgIpc) is 2.63. The Labute approximate surface area is 75.5 Å². The van der Waals surface area contributed by atoms with Crippen molar-refractivity contribution in [3.63, 3.8) is 0 Å². The van der Waals surface area contributed by atoms with Crippen molar-refractivity contribution in [2.45, 2.75) is 0 Å². The van der Waals surface area contributed by atoms with Gasteiger partial charge in [0.1, 0.15) is 11.1 Å². The van der Waals surface area contributed by atoms with Gasteiger partial charge in [-0.1, -0.05) is 0 Å². The molecule has 4 heteroatoms. The van der Waals surface area contributed by atoms with E-state index in [9.17, 15) is 0 Å². The molecule has 0 aliphatic carbocycles. The van der Waals surface area contributed by atoms with Gasteiger partial charge in [0.2, 0.25) is 0 Å². The molecule has 0 saturated heterocycles. The van der Waals surface area contributed by atoms with Crippen LogP contribution >= 0.6 is 0 Å². The second kappa shape index (κ2) is 2.97. The van der Waals surface area contributed by atoms with Gasteiger partial charge in [-0.25, -0.2) is 0 Å². The Morgan fingerprint density at radius 2 is 2.00 bits per heavy atom. The van der Waals surface area contributed by atoms with Crippen molar-refractivity contribution in [1.29, 1.82) is 0 Å². The highest BCUT2D eigenvalue weighted by Crippen LogP contribution is 2.12. The highest BCUT2D eigenvalue weighted by molar-refractivity contribution is 5.39. The largest absolute Gasteiger partial charge is 0.497 e. The van der Waals surface area contributed by atoms with Crippen molar-refractivity contribution in [2.75, 3.05) is 14.2 Å². The van der Waals surface area contributed by atoms with E-state index in [0.29, 0.717) is 5.75 Å². The SMILES string of the molecule is COc1cc(OC)c2c(c1)=C[N]N=2. The van der Waals surface area contributed by atoms with Crippen molar-refractivity contribution in [3.05, 3.63) is 22.7 Å². The van der Waals surface area contributed by atoms with Crippen LogP contribution in [0.1, 0.15) is 0 Å². The summed E-state index contributed by atoms with van der Waals surface area (Å²) in [4.78, 5) is 0. The molecule has 0 fully saturated rings. The smallest absolute Gasteiger partial charge is 0.150 e. The summed E-state index contributed by atoms with van der Waals surface area (Å²) in [6.07, 6.45) is 1.68. The molecule has 67 valence electrons. The number of hydrogen-bond acceptors (Lipinski definition) is 3. The van der Waals surface area contributed by atoms with E-state index < -0.39 is 0 Å². The van der Waals surface area contributed by atoms with Gasteiger partial charge in [-0.3, -0.25) is 0 Å². The van der Waals surface area contributed by atoms with Crippen LogP contribution in [0.15, 0.2) is 17.2 Å². The minimum absolute atomic E-state index is 0.687. The van der Waals surface area contributed by atoms with Crippen LogP contribution in [0.4, 0.5) is 0 Å². The maximum Gasteiger partial charge on any atom is 0.150 e. The Morgan fingerprint density at radius 1 is 1.15 bits per heavy atom. The first kappa shape index (κ1) is 7.91. The van der Waals surface area contributed by atoms with E-state index in [1.54, 1.807) is 26.5 Å². The van der Waals surface area contributed by atoms with E-state index in [2.05, 4.69) is 10.5 Å². The number of benzene rings is 1.